The molecule has 1 heterocycles. The van der Waals surface area contributed by atoms with Crippen LogP contribution in [-0.2, 0) is 6.61 Å². The Morgan fingerprint density at radius 1 is 1.50 bits per heavy atom. The zero-order chi connectivity index (χ0) is 10.1. The monoisotopic (exact) mass is 193 g/mol. The van der Waals surface area contributed by atoms with Crippen LogP contribution in [0.25, 0.3) is 11.0 Å². The molecular weight excluding hydrogens is 186 g/mol. The SMILES string of the molecule is O=C(O)n1nnc2ccc(CO)cc21. The number of carbonyl (C=O) groups is 1. The lowest BCUT2D eigenvalue weighted by Gasteiger charge is -1.96. The first-order chi connectivity index (χ1) is 6.72. The summed E-state index contributed by atoms with van der Waals surface area (Å²) in [4.78, 5) is 10.7. The van der Waals surface area contributed by atoms with Gasteiger partial charge in [-0.25, -0.2) is 4.79 Å². The Hall–Kier alpha value is -1.95. The predicted molar refractivity (Wildman–Crippen MR) is 46.9 cm³/mol. The lowest BCUT2D eigenvalue weighted by atomic mass is 10.2. The molecule has 0 spiro atoms. The van der Waals surface area contributed by atoms with E-state index in [0.29, 0.717) is 16.6 Å². The van der Waals surface area contributed by atoms with Crippen LogP contribution >= 0.6 is 0 Å². The molecule has 2 aromatic rings. The normalized spacial score (nSPS) is 10.6. The van der Waals surface area contributed by atoms with Crippen LogP contribution in [-0.4, -0.2) is 31.3 Å². The van der Waals surface area contributed by atoms with Gasteiger partial charge in [0, 0.05) is 0 Å². The maximum absolute atomic E-state index is 10.7. The number of nitrogens with zero attached hydrogens (tertiary/aromatic N) is 3. The molecule has 1 aromatic heterocycles. The van der Waals surface area contributed by atoms with Crippen molar-refractivity contribution in [1.29, 1.82) is 0 Å². The van der Waals surface area contributed by atoms with E-state index in [2.05, 4.69) is 10.3 Å². The fraction of sp³-hybridized carbons (Fsp3) is 0.125. The first kappa shape index (κ1) is 8.64. The van der Waals surface area contributed by atoms with E-state index in [1.807, 2.05) is 0 Å². The largest absolute Gasteiger partial charge is 0.463 e. The summed E-state index contributed by atoms with van der Waals surface area (Å²) < 4.78 is 0.772. The molecule has 0 unspecified atom stereocenters. The highest BCUT2D eigenvalue weighted by molar-refractivity contribution is 5.84. The van der Waals surface area contributed by atoms with E-state index < -0.39 is 6.09 Å². The average Bonchev–Trinajstić information content (AvgIpc) is 2.59. The molecule has 1 aromatic carbocycles. The zero-order valence-corrected chi connectivity index (χ0v) is 7.08. The molecule has 0 saturated carbocycles. The zero-order valence-electron chi connectivity index (χ0n) is 7.08. The van der Waals surface area contributed by atoms with Gasteiger partial charge in [-0.3, -0.25) is 0 Å². The van der Waals surface area contributed by atoms with Crippen molar-refractivity contribution in [2.24, 2.45) is 0 Å². The van der Waals surface area contributed by atoms with E-state index in [4.69, 9.17) is 10.2 Å². The number of carboxylic acid groups (broad SMARTS) is 1. The first-order valence-electron chi connectivity index (χ1n) is 3.91. The molecule has 0 atom stereocenters. The number of hydrogen-bond acceptors (Lipinski definition) is 4. The Bertz CT molecular complexity index is 492. The molecule has 0 saturated heterocycles. The topological polar surface area (TPSA) is 88.2 Å². The minimum absolute atomic E-state index is 0.138. The maximum atomic E-state index is 10.7. The third-order valence-corrected chi connectivity index (χ3v) is 1.87. The smallest absolute Gasteiger partial charge is 0.434 e. The summed E-state index contributed by atoms with van der Waals surface area (Å²) in [7, 11) is 0. The van der Waals surface area contributed by atoms with Gasteiger partial charge >= 0.3 is 6.09 Å². The van der Waals surface area contributed by atoms with E-state index in [-0.39, 0.29) is 6.61 Å². The summed E-state index contributed by atoms with van der Waals surface area (Å²) in [5, 5.41) is 24.7. The quantitative estimate of drug-likeness (QED) is 0.686. The van der Waals surface area contributed by atoms with Gasteiger partial charge in [0.2, 0.25) is 0 Å². The minimum Gasteiger partial charge on any atom is -0.463 e. The number of benzene rings is 1. The molecule has 6 nitrogen and oxygen atoms in total. The number of aromatic nitrogens is 3. The average molecular weight is 193 g/mol. The van der Waals surface area contributed by atoms with Crippen LogP contribution in [0.1, 0.15) is 5.56 Å². The molecule has 2 N–H and O–H groups in total. The predicted octanol–water partition coefficient (Wildman–Crippen LogP) is 0.450. The lowest BCUT2D eigenvalue weighted by molar-refractivity contribution is 0.193. The number of fused-ring (bicyclic) bond motifs is 1. The summed E-state index contributed by atoms with van der Waals surface area (Å²) >= 11 is 0. The van der Waals surface area contributed by atoms with Gasteiger partial charge in [0.1, 0.15) is 11.0 Å². The van der Waals surface area contributed by atoms with Crippen molar-refractivity contribution in [3.8, 4) is 0 Å². The molecule has 14 heavy (non-hydrogen) atoms. The Morgan fingerprint density at radius 3 is 2.93 bits per heavy atom. The first-order valence-corrected chi connectivity index (χ1v) is 3.91. The van der Waals surface area contributed by atoms with E-state index in [1.54, 1.807) is 18.2 Å². The van der Waals surface area contributed by atoms with Crippen LogP contribution in [0.15, 0.2) is 18.2 Å². The molecule has 0 aliphatic carbocycles. The molecule has 6 heteroatoms. The summed E-state index contributed by atoms with van der Waals surface area (Å²) in [6.45, 7) is -0.138. The van der Waals surface area contributed by atoms with E-state index >= 15 is 0 Å². The van der Waals surface area contributed by atoms with Crippen molar-refractivity contribution < 1.29 is 15.0 Å². The van der Waals surface area contributed by atoms with Gasteiger partial charge < -0.3 is 10.2 Å². The number of hydrogen-bond donors (Lipinski definition) is 2. The van der Waals surface area contributed by atoms with Gasteiger partial charge in [0.15, 0.2) is 0 Å². The highest BCUT2D eigenvalue weighted by Gasteiger charge is 2.09. The van der Waals surface area contributed by atoms with Crippen LogP contribution < -0.4 is 0 Å². The Kier molecular flexibility index (Phi) is 1.90. The molecule has 0 amide bonds. The summed E-state index contributed by atoms with van der Waals surface area (Å²) in [5.74, 6) is 0. The van der Waals surface area contributed by atoms with Crippen LogP contribution in [0, 0.1) is 0 Å². The van der Waals surface area contributed by atoms with Gasteiger partial charge in [0.25, 0.3) is 0 Å². The molecular formula is C8H7N3O3. The number of aliphatic hydroxyl groups excluding tert-OH is 1. The third-order valence-electron chi connectivity index (χ3n) is 1.87. The molecule has 72 valence electrons. The summed E-state index contributed by atoms with van der Waals surface area (Å²) in [6.07, 6.45) is -1.19. The standard InChI is InChI=1S/C8H7N3O3/c12-4-5-1-2-6-7(3-5)11(8(13)14)10-9-6/h1-3,12H,4H2,(H,13,14). The van der Waals surface area contributed by atoms with Crippen molar-refractivity contribution in [3.05, 3.63) is 23.8 Å². The van der Waals surface area contributed by atoms with E-state index in [9.17, 15) is 4.79 Å². The van der Waals surface area contributed by atoms with E-state index in [0.717, 1.165) is 4.68 Å². The van der Waals surface area contributed by atoms with Gasteiger partial charge in [-0.2, -0.15) is 0 Å². The molecule has 0 radical (unpaired) electrons. The Labute approximate surface area is 78.4 Å². The van der Waals surface area contributed by atoms with Crippen molar-refractivity contribution in [3.63, 3.8) is 0 Å². The van der Waals surface area contributed by atoms with Crippen molar-refractivity contribution in [2.45, 2.75) is 6.61 Å². The van der Waals surface area contributed by atoms with Crippen molar-refractivity contribution in [1.82, 2.24) is 15.0 Å². The maximum Gasteiger partial charge on any atom is 0.434 e. The summed E-state index contributed by atoms with van der Waals surface area (Å²) in [5.41, 5.74) is 1.50. The Morgan fingerprint density at radius 2 is 2.29 bits per heavy atom. The lowest BCUT2D eigenvalue weighted by Crippen LogP contribution is -2.09. The number of aliphatic hydroxyl groups is 1. The second-order valence-electron chi connectivity index (χ2n) is 2.77. The Balaban J connectivity index is 2.69. The van der Waals surface area contributed by atoms with Crippen molar-refractivity contribution in [2.75, 3.05) is 0 Å². The van der Waals surface area contributed by atoms with Gasteiger partial charge in [-0.05, 0) is 17.7 Å². The van der Waals surface area contributed by atoms with Gasteiger partial charge in [-0.1, -0.05) is 11.3 Å². The highest BCUT2D eigenvalue weighted by atomic mass is 16.4. The minimum atomic E-state index is -1.19. The van der Waals surface area contributed by atoms with Gasteiger partial charge in [-0.15, -0.1) is 9.78 Å². The summed E-state index contributed by atoms with van der Waals surface area (Å²) in [6, 6.07) is 4.83. The second kappa shape index (κ2) is 3.08. The van der Waals surface area contributed by atoms with Crippen LogP contribution in [0.4, 0.5) is 4.79 Å². The van der Waals surface area contributed by atoms with Gasteiger partial charge in [0.05, 0.1) is 6.61 Å². The molecule has 0 aliphatic rings. The van der Waals surface area contributed by atoms with E-state index in [1.165, 1.54) is 0 Å². The third kappa shape index (κ3) is 1.21. The molecule has 2 rings (SSSR count). The van der Waals surface area contributed by atoms with Crippen LogP contribution in [0.5, 0.6) is 0 Å². The molecule has 0 bridgehead atoms. The molecule has 0 fully saturated rings. The van der Waals surface area contributed by atoms with Crippen LogP contribution in [0.2, 0.25) is 0 Å². The van der Waals surface area contributed by atoms with Crippen molar-refractivity contribution >= 4 is 17.1 Å². The number of rotatable bonds is 1. The fourth-order valence-corrected chi connectivity index (χ4v) is 1.20. The molecule has 0 aliphatic heterocycles. The van der Waals surface area contributed by atoms with Crippen LogP contribution in [0.3, 0.4) is 0 Å². The highest BCUT2D eigenvalue weighted by Crippen LogP contribution is 2.13. The fourth-order valence-electron chi connectivity index (χ4n) is 1.20. The second-order valence-corrected chi connectivity index (χ2v) is 2.77.